The Morgan fingerprint density at radius 2 is 1.81 bits per heavy atom. The molecular weight excluding hydrogens is 439 g/mol. The highest BCUT2D eigenvalue weighted by Crippen LogP contribution is 2.23. The molecule has 0 saturated carbocycles. The molecular formula is C20H29IN4O. The van der Waals surface area contributed by atoms with Crippen molar-refractivity contribution in [3.63, 3.8) is 0 Å². The van der Waals surface area contributed by atoms with E-state index in [9.17, 15) is 0 Å². The van der Waals surface area contributed by atoms with Gasteiger partial charge in [0.25, 0.3) is 0 Å². The summed E-state index contributed by atoms with van der Waals surface area (Å²) < 4.78 is 5.47. The Morgan fingerprint density at radius 3 is 2.42 bits per heavy atom. The average molecular weight is 468 g/mol. The number of methoxy groups -OCH3 is 1. The van der Waals surface area contributed by atoms with Gasteiger partial charge in [0.1, 0.15) is 5.75 Å². The summed E-state index contributed by atoms with van der Waals surface area (Å²) in [6, 6.07) is 8.44. The highest BCUT2D eigenvalue weighted by Gasteiger charge is 2.09. The smallest absolute Gasteiger partial charge is 0.191 e. The predicted octanol–water partition coefficient (Wildman–Crippen LogP) is 3.89. The largest absolute Gasteiger partial charge is 0.496 e. The van der Waals surface area contributed by atoms with E-state index < -0.39 is 0 Å². The van der Waals surface area contributed by atoms with Crippen LogP contribution in [0, 0.1) is 20.8 Å². The highest BCUT2D eigenvalue weighted by atomic mass is 127. The van der Waals surface area contributed by atoms with Crippen molar-refractivity contribution < 1.29 is 4.74 Å². The van der Waals surface area contributed by atoms with Crippen LogP contribution in [0.5, 0.6) is 5.75 Å². The fourth-order valence-electron chi connectivity index (χ4n) is 2.62. The number of aromatic nitrogens is 1. The van der Waals surface area contributed by atoms with Gasteiger partial charge in [0.15, 0.2) is 5.96 Å². The minimum absolute atomic E-state index is 0. The second-order valence-electron chi connectivity index (χ2n) is 6.08. The maximum Gasteiger partial charge on any atom is 0.191 e. The van der Waals surface area contributed by atoms with Crippen LogP contribution in [0.4, 0.5) is 0 Å². The predicted molar refractivity (Wildman–Crippen MR) is 119 cm³/mol. The van der Waals surface area contributed by atoms with Crippen molar-refractivity contribution in [3.8, 4) is 5.75 Å². The van der Waals surface area contributed by atoms with Crippen LogP contribution in [-0.4, -0.2) is 24.6 Å². The summed E-state index contributed by atoms with van der Waals surface area (Å²) in [6.45, 7) is 10.2. The van der Waals surface area contributed by atoms with E-state index in [-0.39, 0.29) is 24.0 Å². The van der Waals surface area contributed by atoms with Gasteiger partial charge in [-0.25, -0.2) is 4.99 Å². The Hall–Kier alpha value is -1.83. The standard InChI is InChI=1S/C20H28N4O.HI/c1-6-21-20(23-12-17-9-7-14(2)8-10-17)24-13-18-16(4)19(25-5)15(3)11-22-18;/h7-11H,6,12-13H2,1-5H3,(H2,21,23,24);1H. The maximum absolute atomic E-state index is 5.47. The molecule has 0 aliphatic rings. The molecule has 2 aromatic rings. The summed E-state index contributed by atoms with van der Waals surface area (Å²) in [4.78, 5) is 9.17. The highest BCUT2D eigenvalue weighted by molar-refractivity contribution is 14.0. The van der Waals surface area contributed by atoms with Crippen molar-refractivity contribution in [1.82, 2.24) is 15.6 Å². The number of halogens is 1. The quantitative estimate of drug-likeness (QED) is 0.384. The second-order valence-corrected chi connectivity index (χ2v) is 6.08. The number of nitrogens with zero attached hydrogens (tertiary/aromatic N) is 2. The first-order valence-corrected chi connectivity index (χ1v) is 8.62. The van der Waals surface area contributed by atoms with Gasteiger partial charge in [0.2, 0.25) is 0 Å². The summed E-state index contributed by atoms with van der Waals surface area (Å²) in [5.74, 6) is 1.68. The molecule has 1 aromatic heterocycles. The molecule has 0 aliphatic heterocycles. The third kappa shape index (κ3) is 6.16. The molecule has 0 amide bonds. The number of rotatable bonds is 6. The Bertz CT molecular complexity index is 729. The van der Waals surface area contributed by atoms with Crippen LogP contribution >= 0.6 is 24.0 Å². The normalized spacial score (nSPS) is 10.9. The Kier molecular flexibility index (Phi) is 9.40. The van der Waals surface area contributed by atoms with Gasteiger partial charge in [-0.1, -0.05) is 29.8 Å². The molecule has 1 aromatic carbocycles. The topological polar surface area (TPSA) is 58.5 Å². The van der Waals surface area contributed by atoms with E-state index in [1.165, 1.54) is 11.1 Å². The van der Waals surface area contributed by atoms with Crippen molar-refractivity contribution in [1.29, 1.82) is 0 Å². The van der Waals surface area contributed by atoms with Crippen molar-refractivity contribution in [3.05, 3.63) is 58.4 Å². The summed E-state index contributed by atoms with van der Waals surface area (Å²) in [5, 5.41) is 6.62. The van der Waals surface area contributed by atoms with Crippen LogP contribution in [0.2, 0.25) is 0 Å². The van der Waals surface area contributed by atoms with Crippen LogP contribution in [0.15, 0.2) is 35.5 Å². The van der Waals surface area contributed by atoms with Gasteiger partial charge >= 0.3 is 0 Å². The fourth-order valence-corrected chi connectivity index (χ4v) is 2.62. The van der Waals surface area contributed by atoms with E-state index >= 15 is 0 Å². The molecule has 0 aliphatic carbocycles. The SMILES string of the molecule is CCNC(=NCc1ccc(C)cc1)NCc1ncc(C)c(OC)c1C.I. The van der Waals surface area contributed by atoms with Gasteiger partial charge in [-0.15, -0.1) is 24.0 Å². The van der Waals surface area contributed by atoms with Gasteiger partial charge < -0.3 is 15.4 Å². The van der Waals surface area contributed by atoms with E-state index in [1.54, 1.807) is 7.11 Å². The molecule has 0 spiro atoms. The number of hydrogen-bond donors (Lipinski definition) is 2. The summed E-state index contributed by atoms with van der Waals surface area (Å²) in [6.07, 6.45) is 1.85. The van der Waals surface area contributed by atoms with E-state index in [2.05, 4.69) is 58.7 Å². The lowest BCUT2D eigenvalue weighted by molar-refractivity contribution is 0.406. The monoisotopic (exact) mass is 468 g/mol. The molecule has 6 heteroatoms. The molecule has 0 bridgehead atoms. The van der Waals surface area contributed by atoms with Crippen LogP contribution < -0.4 is 15.4 Å². The van der Waals surface area contributed by atoms with Crippen molar-refractivity contribution in [2.75, 3.05) is 13.7 Å². The zero-order valence-electron chi connectivity index (χ0n) is 16.2. The minimum atomic E-state index is 0. The summed E-state index contributed by atoms with van der Waals surface area (Å²) in [5.41, 5.74) is 5.51. The third-order valence-electron chi connectivity index (χ3n) is 4.06. The van der Waals surface area contributed by atoms with Gasteiger partial charge in [0.05, 0.1) is 25.9 Å². The second kappa shape index (κ2) is 11.0. The maximum atomic E-state index is 5.47. The molecule has 2 rings (SSSR count). The number of pyridine rings is 1. The number of aliphatic imine (C=N–C) groups is 1. The minimum Gasteiger partial charge on any atom is -0.496 e. The molecule has 0 saturated heterocycles. The molecule has 142 valence electrons. The summed E-state index contributed by atoms with van der Waals surface area (Å²) in [7, 11) is 1.69. The van der Waals surface area contributed by atoms with Crippen LogP contribution in [-0.2, 0) is 13.1 Å². The summed E-state index contributed by atoms with van der Waals surface area (Å²) >= 11 is 0. The molecule has 5 nitrogen and oxygen atoms in total. The lowest BCUT2D eigenvalue weighted by Gasteiger charge is -2.15. The Balaban J connectivity index is 0.00000338. The molecule has 26 heavy (non-hydrogen) atoms. The molecule has 1 heterocycles. The number of guanidine groups is 1. The number of benzene rings is 1. The van der Waals surface area contributed by atoms with Gasteiger partial charge in [-0.2, -0.15) is 0 Å². The van der Waals surface area contributed by atoms with Crippen molar-refractivity contribution in [2.24, 2.45) is 4.99 Å². The van der Waals surface area contributed by atoms with E-state index in [1.807, 2.05) is 20.0 Å². The van der Waals surface area contributed by atoms with Crippen LogP contribution in [0.25, 0.3) is 0 Å². The van der Waals surface area contributed by atoms with Crippen molar-refractivity contribution in [2.45, 2.75) is 40.8 Å². The molecule has 0 radical (unpaired) electrons. The Morgan fingerprint density at radius 1 is 1.12 bits per heavy atom. The first kappa shape index (κ1) is 22.2. The van der Waals surface area contributed by atoms with Crippen LogP contribution in [0.1, 0.15) is 34.9 Å². The van der Waals surface area contributed by atoms with Gasteiger partial charge in [0, 0.05) is 23.9 Å². The number of hydrogen-bond acceptors (Lipinski definition) is 3. The lowest BCUT2D eigenvalue weighted by Crippen LogP contribution is -2.37. The zero-order chi connectivity index (χ0) is 18.2. The van der Waals surface area contributed by atoms with E-state index in [0.29, 0.717) is 13.1 Å². The number of nitrogens with one attached hydrogen (secondary N) is 2. The zero-order valence-corrected chi connectivity index (χ0v) is 18.5. The first-order valence-electron chi connectivity index (χ1n) is 8.62. The third-order valence-corrected chi connectivity index (χ3v) is 4.06. The van der Waals surface area contributed by atoms with E-state index in [0.717, 1.165) is 35.1 Å². The van der Waals surface area contributed by atoms with E-state index in [4.69, 9.17) is 4.74 Å². The van der Waals surface area contributed by atoms with Gasteiger partial charge in [-0.3, -0.25) is 4.98 Å². The Labute approximate surface area is 173 Å². The van der Waals surface area contributed by atoms with Crippen LogP contribution in [0.3, 0.4) is 0 Å². The van der Waals surface area contributed by atoms with Gasteiger partial charge in [-0.05, 0) is 33.3 Å². The molecule has 0 atom stereocenters. The fraction of sp³-hybridized carbons (Fsp3) is 0.400. The first-order chi connectivity index (χ1) is 12.0. The average Bonchev–Trinajstić information content (AvgIpc) is 2.60. The molecule has 2 N–H and O–H groups in total. The van der Waals surface area contributed by atoms with Crippen molar-refractivity contribution >= 4 is 29.9 Å². The number of ether oxygens (including phenoxy) is 1. The lowest BCUT2D eigenvalue weighted by atomic mass is 10.1. The number of aryl methyl sites for hydroxylation is 2. The molecule has 0 fully saturated rings. The molecule has 0 unspecified atom stereocenters.